The first kappa shape index (κ1) is 21.8. The first-order chi connectivity index (χ1) is 16.8. The lowest BCUT2D eigenvalue weighted by molar-refractivity contribution is 0.0996. The van der Waals surface area contributed by atoms with Crippen LogP contribution < -0.4 is 16.7 Å². The Labute approximate surface area is 198 Å². The third-order valence-corrected chi connectivity index (χ3v) is 5.67. The van der Waals surface area contributed by atoms with E-state index in [9.17, 15) is 14.4 Å². The molecule has 5 rings (SSSR count). The highest BCUT2D eigenvalue weighted by Gasteiger charge is 2.19. The number of nitrogens with zero attached hydrogens (tertiary/aromatic N) is 6. The lowest BCUT2D eigenvalue weighted by Gasteiger charge is -2.08. The van der Waals surface area contributed by atoms with Gasteiger partial charge >= 0.3 is 5.69 Å². The zero-order chi connectivity index (χ0) is 24.7. The van der Waals surface area contributed by atoms with Gasteiger partial charge in [-0.2, -0.15) is 10.2 Å². The number of carbonyl (C=O) groups is 2. The van der Waals surface area contributed by atoms with Gasteiger partial charge in [0, 0.05) is 29.4 Å². The maximum absolute atomic E-state index is 13.1. The molecule has 0 radical (unpaired) electrons. The van der Waals surface area contributed by atoms with Crippen molar-refractivity contribution in [1.82, 2.24) is 29.2 Å². The number of carbonyl (C=O) groups excluding carboxylic acids is 2. The van der Waals surface area contributed by atoms with Crippen molar-refractivity contribution in [3.8, 4) is 16.9 Å². The van der Waals surface area contributed by atoms with Gasteiger partial charge in [0.25, 0.3) is 5.91 Å². The number of aryl methyl sites for hydroxylation is 2. The Balaban J connectivity index is 1.50. The number of amides is 2. The van der Waals surface area contributed by atoms with Crippen molar-refractivity contribution in [2.24, 2.45) is 12.8 Å². The molecule has 0 unspecified atom stereocenters. The summed E-state index contributed by atoms with van der Waals surface area (Å²) in [6.45, 7) is 1.86. The molecule has 0 aliphatic heterocycles. The molecular formula is C24H20N8O3. The average Bonchev–Trinajstić information content (AvgIpc) is 3.38. The summed E-state index contributed by atoms with van der Waals surface area (Å²) in [6, 6.07) is 15.3. The van der Waals surface area contributed by atoms with Crippen LogP contribution in [0.5, 0.6) is 0 Å². The van der Waals surface area contributed by atoms with Gasteiger partial charge in [0.15, 0.2) is 0 Å². The minimum absolute atomic E-state index is 0.247. The molecule has 0 aliphatic rings. The summed E-state index contributed by atoms with van der Waals surface area (Å²) >= 11 is 0. The van der Waals surface area contributed by atoms with Crippen LogP contribution in [0.15, 0.2) is 71.9 Å². The highest BCUT2D eigenvalue weighted by Crippen LogP contribution is 2.28. The van der Waals surface area contributed by atoms with Crippen LogP contribution in [0, 0.1) is 6.92 Å². The van der Waals surface area contributed by atoms with E-state index in [2.05, 4.69) is 20.6 Å². The van der Waals surface area contributed by atoms with Crippen molar-refractivity contribution in [2.45, 2.75) is 6.92 Å². The predicted molar refractivity (Wildman–Crippen MR) is 128 cm³/mol. The third kappa shape index (κ3) is 3.84. The summed E-state index contributed by atoms with van der Waals surface area (Å²) in [5.74, 6) is -0.956. The number of primary amides is 1. The number of hydrogen-bond acceptors (Lipinski definition) is 6. The zero-order valence-corrected chi connectivity index (χ0v) is 18.8. The maximum Gasteiger partial charge on any atom is 0.350 e. The highest BCUT2D eigenvalue weighted by atomic mass is 16.2. The molecule has 3 N–H and O–H groups in total. The van der Waals surface area contributed by atoms with Crippen molar-refractivity contribution in [3.63, 3.8) is 0 Å². The molecule has 0 aliphatic carbocycles. The van der Waals surface area contributed by atoms with Crippen molar-refractivity contribution in [3.05, 3.63) is 94.3 Å². The number of anilines is 1. The fraction of sp³-hybridized carbons (Fsp3) is 0.0833. The second kappa shape index (κ2) is 8.37. The standard InChI is InChI=1S/C24H20N8O3/c1-14-20(15-6-8-18(9-7-15)31-13-27-30(2)24(31)35)29-32-21(14)19(10-11-26-32)23(34)28-17-5-3-4-16(12-17)22(25)33/h3-13H,1-2H3,(H2,25,33)(H,28,34). The Morgan fingerprint density at radius 3 is 2.49 bits per heavy atom. The molecule has 11 heteroatoms. The van der Waals surface area contributed by atoms with E-state index in [-0.39, 0.29) is 11.6 Å². The van der Waals surface area contributed by atoms with Crippen molar-refractivity contribution >= 4 is 23.0 Å². The summed E-state index contributed by atoms with van der Waals surface area (Å²) < 4.78 is 4.11. The Morgan fingerprint density at radius 1 is 1.03 bits per heavy atom. The monoisotopic (exact) mass is 468 g/mol. The number of nitrogens with two attached hydrogens (primary N) is 1. The van der Waals surface area contributed by atoms with E-state index < -0.39 is 5.91 Å². The van der Waals surface area contributed by atoms with E-state index in [0.717, 1.165) is 11.1 Å². The van der Waals surface area contributed by atoms with Gasteiger partial charge in [-0.15, -0.1) is 9.73 Å². The molecule has 0 bridgehead atoms. The summed E-state index contributed by atoms with van der Waals surface area (Å²) in [5.41, 5.74) is 9.64. The van der Waals surface area contributed by atoms with Gasteiger partial charge in [-0.1, -0.05) is 18.2 Å². The fourth-order valence-electron chi connectivity index (χ4n) is 3.87. The molecule has 0 saturated heterocycles. The first-order valence-corrected chi connectivity index (χ1v) is 10.6. The lowest BCUT2D eigenvalue weighted by Crippen LogP contribution is -2.21. The number of hydrogen-bond donors (Lipinski definition) is 2. The van der Waals surface area contributed by atoms with Gasteiger partial charge in [-0.25, -0.2) is 14.0 Å². The van der Waals surface area contributed by atoms with Gasteiger partial charge in [-0.05, 0) is 43.3 Å². The maximum atomic E-state index is 13.1. The van der Waals surface area contributed by atoms with E-state index in [1.807, 2.05) is 19.1 Å². The zero-order valence-electron chi connectivity index (χ0n) is 18.8. The molecule has 5 aromatic rings. The fourth-order valence-corrected chi connectivity index (χ4v) is 3.87. The molecule has 0 spiro atoms. The number of nitrogens with one attached hydrogen (secondary N) is 1. The third-order valence-electron chi connectivity index (χ3n) is 5.67. The average molecular weight is 468 g/mol. The SMILES string of the molecule is Cc1c(-c2ccc(-n3cnn(C)c3=O)cc2)nn2nccc(C(=O)Nc3cccc(C(N)=O)c3)c12. The molecular weight excluding hydrogens is 448 g/mol. The van der Waals surface area contributed by atoms with Crippen LogP contribution in [-0.2, 0) is 7.05 Å². The Hall–Kier alpha value is -5.06. The van der Waals surface area contributed by atoms with E-state index in [4.69, 9.17) is 5.73 Å². The largest absolute Gasteiger partial charge is 0.366 e. The van der Waals surface area contributed by atoms with Crippen LogP contribution in [0.1, 0.15) is 26.3 Å². The second-order valence-corrected chi connectivity index (χ2v) is 7.91. The Kier molecular flexibility index (Phi) is 5.21. The normalized spacial score (nSPS) is 11.0. The van der Waals surface area contributed by atoms with Crippen LogP contribution in [-0.4, -0.2) is 41.0 Å². The number of rotatable bonds is 5. The van der Waals surface area contributed by atoms with Gasteiger partial charge in [-0.3, -0.25) is 9.59 Å². The van der Waals surface area contributed by atoms with E-state index in [0.29, 0.717) is 33.7 Å². The Morgan fingerprint density at radius 2 is 1.80 bits per heavy atom. The topological polar surface area (TPSA) is 142 Å². The number of aromatic nitrogens is 6. The molecule has 0 saturated carbocycles. The van der Waals surface area contributed by atoms with Crippen molar-refractivity contribution in [2.75, 3.05) is 5.32 Å². The molecule has 35 heavy (non-hydrogen) atoms. The van der Waals surface area contributed by atoms with Gasteiger partial charge in [0.1, 0.15) is 11.8 Å². The molecule has 0 fully saturated rings. The second-order valence-electron chi connectivity index (χ2n) is 7.91. The quantitative estimate of drug-likeness (QED) is 0.404. The number of fused-ring (bicyclic) bond motifs is 1. The first-order valence-electron chi connectivity index (χ1n) is 10.6. The van der Waals surface area contributed by atoms with Gasteiger partial charge in [0.05, 0.1) is 23.1 Å². The molecule has 2 amide bonds. The van der Waals surface area contributed by atoms with Gasteiger partial charge in [0.2, 0.25) is 5.91 Å². The van der Waals surface area contributed by atoms with E-state index >= 15 is 0 Å². The summed E-state index contributed by atoms with van der Waals surface area (Å²) in [6.07, 6.45) is 2.96. The summed E-state index contributed by atoms with van der Waals surface area (Å²) in [4.78, 5) is 36.7. The molecule has 174 valence electrons. The molecule has 11 nitrogen and oxygen atoms in total. The predicted octanol–water partition coefficient (Wildman–Crippen LogP) is 1.94. The minimum Gasteiger partial charge on any atom is -0.366 e. The van der Waals surface area contributed by atoms with E-state index in [1.165, 1.54) is 32.5 Å². The van der Waals surface area contributed by atoms with Crippen LogP contribution in [0.2, 0.25) is 0 Å². The van der Waals surface area contributed by atoms with E-state index in [1.54, 1.807) is 43.4 Å². The lowest BCUT2D eigenvalue weighted by atomic mass is 10.1. The summed E-state index contributed by atoms with van der Waals surface area (Å²) in [5, 5.41) is 15.6. The van der Waals surface area contributed by atoms with Crippen LogP contribution >= 0.6 is 0 Å². The molecule has 3 aromatic heterocycles. The Bertz CT molecular complexity index is 1660. The smallest absolute Gasteiger partial charge is 0.350 e. The highest BCUT2D eigenvalue weighted by molar-refractivity contribution is 6.10. The summed E-state index contributed by atoms with van der Waals surface area (Å²) in [7, 11) is 1.59. The van der Waals surface area contributed by atoms with Crippen LogP contribution in [0.3, 0.4) is 0 Å². The minimum atomic E-state index is -0.580. The van der Waals surface area contributed by atoms with Crippen LogP contribution in [0.25, 0.3) is 22.5 Å². The molecule has 3 heterocycles. The van der Waals surface area contributed by atoms with Crippen LogP contribution in [0.4, 0.5) is 5.69 Å². The van der Waals surface area contributed by atoms with Crippen molar-refractivity contribution in [1.29, 1.82) is 0 Å². The number of benzene rings is 2. The van der Waals surface area contributed by atoms with Gasteiger partial charge < -0.3 is 11.1 Å². The molecule has 2 aromatic carbocycles. The molecule has 0 atom stereocenters. The van der Waals surface area contributed by atoms with Crippen molar-refractivity contribution < 1.29 is 9.59 Å².